The molecule has 1 aliphatic rings. The number of fused-ring (bicyclic) bond motifs is 3. The zero-order valence-corrected chi connectivity index (χ0v) is 18.3. The van der Waals surface area contributed by atoms with Crippen LogP contribution >= 0.6 is 0 Å². The van der Waals surface area contributed by atoms with Gasteiger partial charge in [-0.15, -0.1) is 0 Å². The molecule has 1 amide bonds. The van der Waals surface area contributed by atoms with Crippen LogP contribution in [0.2, 0.25) is 0 Å². The van der Waals surface area contributed by atoms with Gasteiger partial charge in [-0.25, -0.2) is 9.59 Å². The summed E-state index contributed by atoms with van der Waals surface area (Å²) in [6.07, 6.45) is -0.532. The summed E-state index contributed by atoms with van der Waals surface area (Å²) in [5.41, 5.74) is 11.7. The van der Waals surface area contributed by atoms with Gasteiger partial charge in [-0.2, -0.15) is 0 Å². The Labute approximate surface area is 192 Å². The van der Waals surface area contributed by atoms with Crippen molar-refractivity contribution in [2.75, 3.05) is 25.5 Å². The Balaban J connectivity index is 1.33. The lowest BCUT2D eigenvalue weighted by Crippen LogP contribution is -2.26. The highest BCUT2D eigenvalue weighted by atomic mass is 16.5. The van der Waals surface area contributed by atoms with Crippen molar-refractivity contribution < 1.29 is 19.1 Å². The molecule has 0 atom stereocenters. The monoisotopic (exact) mass is 440 g/mol. The first-order valence-electron chi connectivity index (χ1n) is 10.7. The summed E-state index contributed by atoms with van der Waals surface area (Å²) in [4.78, 5) is 24.2. The zero-order chi connectivity index (χ0) is 23.2. The summed E-state index contributed by atoms with van der Waals surface area (Å²) in [5.74, 6) is 5.27. The van der Waals surface area contributed by atoms with Crippen LogP contribution in [0.1, 0.15) is 39.9 Å². The minimum Gasteiger partial charge on any atom is -0.462 e. The first-order chi connectivity index (χ1) is 16.1. The number of rotatable bonds is 5. The number of alkyl carbamates (subject to hydrolysis) is 1. The smallest absolute Gasteiger partial charge is 0.407 e. The number of hydrogen-bond donors (Lipinski definition) is 2. The molecule has 4 rings (SSSR count). The average Bonchev–Trinajstić information content (AvgIpc) is 3.15. The van der Waals surface area contributed by atoms with Crippen molar-refractivity contribution in [3.63, 3.8) is 0 Å². The first-order valence-corrected chi connectivity index (χ1v) is 10.7. The normalized spacial score (nSPS) is 11.5. The van der Waals surface area contributed by atoms with E-state index in [1.165, 1.54) is 11.1 Å². The van der Waals surface area contributed by atoms with Crippen LogP contribution in [0.15, 0.2) is 66.7 Å². The number of amides is 1. The second kappa shape index (κ2) is 9.92. The van der Waals surface area contributed by atoms with Crippen molar-refractivity contribution in [1.82, 2.24) is 5.32 Å². The summed E-state index contributed by atoms with van der Waals surface area (Å²) in [6.45, 7) is 2.34. The van der Waals surface area contributed by atoms with Gasteiger partial charge in [-0.3, -0.25) is 0 Å². The number of nitrogens with one attached hydrogen (secondary N) is 1. The quantitative estimate of drug-likeness (QED) is 0.350. The van der Waals surface area contributed by atoms with E-state index < -0.39 is 12.1 Å². The van der Waals surface area contributed by atoms with E-state index in [9.17, 15) is 9.59 Å². The van der Waals surface area contributed by atoms with Crippen molar-refractivity contribution in [2.24, 2.45) is 0 Å². The Bertz CT molecular complexity index is 1210. The highest BCUT2D eigenvalue weighted by Crippen LogP contribution is 2.44. The molecule has 6 heteroatoms. The predicted molar refractivity (Wildman–Crippen MR) is 127 cm³/mol. The fourth-order valence-electron chi connectivity index (χ4n) is 3.93. The number of carbonyl (C=O) groups is 2. The molecule has 0 heterocycles. The third-order valence-corrected chi connectivity index (χ3v) is 5.45. The molecule has 0 aliphatic heterocycles. The van der Waals surface area contributed by atoms with Gasteiger partial charge in [-0.05, 0) is 47.4 Å². The van der Waals surface area contributed by atoms with Gasteiger partial charge in [0.25, 0.3) is 0 Å². The number of hydrogen-bond acceptors (Lipinski definition) is 5. The van der Waals surface area contributed by atoms with E-state index >= 15 is 0 Å². The lowest BCUT2D eigenvalue weighted by molar-refractivity contribution is 0.0527. The summed E-state index contributed by atoms with van der Waals surface area (Å²) >= 11 is 0. The number of nitrogens with two attached hydrogens (primary N) is 1. The van der Waals surface area contributed by atoms with E-state index in [-0.39, 0.29) is 31.2 Å². The molecular formula is C27H24N2O4. The van der Waals surface area contributed by atoms with Crippen LogP contribution in [0.25, 0.3) is 11.1 Å². The van der Waals surface area contributed by atoms with Crippen LogP contribution in [0.3, 0.4) is 0 Å². The topological polar surface area (TPSA) is 90.6 Å². The molecule has 0 aromatic heterocycles. The van der Waals surface area contributed by atoms with Crippen molar-refractivity contribution >= 4 is 17.7 Å². The second-order valence-electron chi connectivity index (χ2n) is 7.50. The SMILES string of the molecule is CCOC(=O)c1cc(C#CCNC(=O)OCC2c3ccccc3-c3ccccc32)ccc1N. The largest absolute Gasteiger partial charge is 0.462 e. The second-order valence-corrected chi connectivity index (χ2v) is 7.50. The van der Waals surface area contributed by atoms with E-state index in [1.54, 1.807) is 25.1 Å². The molecule has 0 spiro atoms. The molecule has 0 bridgehead atoms. The van der Waals surface area contributed by atoms with Crippen LogP contribution < -0.4 is 11.1 Å². The van der Waals surface area contributed by atoms with Crippen LogP contribution in [-0.2, 0) is 9.47 Å². The third-order valence-electron chi connectivity index (χ3n) is 5.45. The number of esters is 1. The highest BCUT2D eigenvalue weighted by molar-refractivity contribution is 5.95. The van der Waals surface area contributed by atoms with Crippen molar-refractivity contribution in [1.29, 1.82) is 0 Å². The standard InChI is InChI=1S/C27H24N2O4/c1-2-32-26(30)23-16-18(13-14-25(23)28)8-7-15-29-27(31)33-17-24-21-11-5-3-9-19(21)20-10-4-6-12-22(20)24/h3-6,9-14,16,24H,2,15,17,28H2,1H3,(H,29,31). The van der Waals surface area contributed by atoms with Crippen LogP contribution in [-0.4, -0.2) is 31.8 Å². The maximum absolute atomic E-state index is 12.2. The highest BCUT2D eigenvalue weighted by Gasteiger charge is 2.28. The predicted octanol–water partition coefficient (Wildman–Crippen LogP) is 4.34. The Hall–Kier alpha value is -4.24. The first kappa shape index (κ1) is 22.0. The maximum atomic E-state index is 12.2. The molecule has 0 saturated carbocycles. The zero-order valence-electron chi connectivity index (χ0n) is 18.3. The maximum Gasteiger partial charge on any atom is 0.407 e. The van der Waals surface area contributed by atoms with E-state index in [2.05, 4.69) is 41.4 Å². The Morgan fingerprint density at radius 2 is 1.64 bits per heavy atom. The lowest BCUT2D eigenvalue weighted by atomic mass is 9.98. The van der Waals surface area contributed by atoms with Gasteiger partial charge in [0.1, 0.15) is 6.61 Å². The molecule has 3 aromatic rings. The summed E-state index contributed by atoms with van der Waals surface area (Å²) in [6, 6.07) is 21.2. The van der Waals surface area contributed by atoms with Crippen molar-refractivity contribution in [2.45, 2.75) is 12.8 Å². The Morgan fingerprint density at radius 3 is 2.30 bits per heavy atom. The minimum atomic E-state index is -0.532. The van der Waals surface area contributed by atoms with Gasteiger partial charge >= 0.3 is 12.1 Å². The molecular weight excluding hydrogens is 416 g/mol. The summed E-state index contributed by atoms with van der Waals surface area (Å²) in [5, 5.41) is 2.64. The number of ether oxygens (including phenoxy) is 2. The van der Waals surface area contributed by atoms with Crippen LogP contribution in [0.4, 0.5) is 10.5 Å². The van der Waals surface area contributed by atoms with Crippen molar-refractivity contribution in [3.05, 3.63) is 89.0 Å². The molecule has 166 valence electrons. The van der Waals surface area contributed by atoms with Gasteiger partial charge in [0.05, 0.1) is 18.7 Å². The van der Waals surface area contributed by atoms with E-state index in [0.717, 1.165) is 11.1 Å². The van der Waals surface area contributed by atoms with Crippen molar-refractivity contribution in [3.8, 4) is 23.0 Å². The molecule has 33 heavy (non-hydrogen) atoms. The fourth-order valence-corrected chi connectivity index (χ4v) is 3.93. The van der Waals surface area contributed by atoms with E-state index in [4.69, 9.17) is 15.2 Å². The summed E-state index contributed by atoms with van der Waals surface area (Å²) < 4.78 is 10.5. The Morgan fingerprint density at radius 1 is 0.970 bits per heavy atom. The Kier molecular flexibility index (Phi) is 6.61. The lowest BCUT2D eigenvalue weighted by Gasteiger charge is -2.14. The molecule has 3 N–H and O–H groups in total. The number of anilines is 1. The minimum absolute atomic E-state index is 0.00492. The van der Waals surface area contributed by atoms with Crippen LogP contribution in [0.5, 0.6) is 0 Å². The molecule has 0 radical (unpaired) electrons. The van der Waals surface area contributed by atoms with Crippen LogP contribution in [0, 0.1) is 11.8 Å². The third kappa shape index (κ3) is 4.83. The molecule has 6 nitrogen and oxygen atoms in total. The fraction of sp³-hybridized carbons (Fsp3) is 0.185. The average molecular weight is 440 g/mol. The molecule has 0 saturated heterocycles. The molecule has 1 aliphatic carbocycles. The number of benzene rings is 3. The molecule has 0 fully saturated rings. The van der Waals surface area contributed by atoms with E-state index in [1.807, 2.05) is 24.3 Å². The van der Waals surface area contributed by atoms with Gasteiger partial charge in [0, 0.05) is 17.2 Å². The van der Waals surface area contributed by atoms with Gasteiger partial charge < -0.3 is 20.5 Å². The number of carbonyl (C=O) groups excluding carboxylic acids is 2. The van der Waals surface area contributed by atoms with Gasteiger partial charge in [-0.1, -0.05) is 60.4 Å². The summed E-state index contributed by atoms with van der Waals surface area (Å²) in [7, 11) is 0. The molecule has 0 unspecified atom stereocenters. The van der Waals surface area contributed by atoms with E-state index in [0.29, 0.717) is 11.3 Å². The van der Waals surface area contributed by atoms with Gasteiger partial charge in [0.15, 0.2) is 0 Å². The molecule has 3 aromatic carbocycles. The number of nitrogen functional groups attached to an aromatic ring is 1. The van der Waals surface area contributed by atoms with Gasteiger partial charge in [0.2, 0.25) is 0 Å².